The predicted molar refractivity (Wildman–Crippen MR) is 136 cm³/mol. The molecule has 0 saturated heterocycles. The molecule has 3 aromatic carbocycles. The summed E-state index contributed by atoms with van der Waals surface area (Å²) in [5, 5.41) is 4.69. The number of nitrogens with one attached hydrogen (secondary N) is 1. The van der Waals surface area contributed by atoms with E-state index in [2.05, 4.69) is 14.9 Å². The molecule has 0 aliphatic carbocycles. The second kappa shape index (κ2) is 9.30. The second-order valence-electron chi connectivity index (χ2n) is 7.92. The fourth-order valence-electron chi connectivity index (χ4n) is 4.09. The summed E-state index contributed by atoms with van der Waals surface area (Å²) >= 11 is 12.1. The van der Waals surface area contributed by atoms with Gasteiger partial charge in [0.25, 0.3) is 5.91 Å². The number of aryl methyl sites for hydroxylation is 1. The molecule has 0 fully saturated rings. The van der Waals surface area contributed by atoms with Gasteiger partial charge in [-0.3, -0.25) is 4.79 Å². The molecule has 7 heteroatoms. The summed E-state index contributed by atoms with van der Waals surface area (Å²) in [6, 6.07) is 23.4. The van der Waals surface area contributed by atoms with E-state index in [1.807, 2.05) is 77.5 Å². The quantitative estimate of drug-likeness (QED) is 0.270. The van der Waals surface area contributed by atoms with Crippen molar-refractivity contribution in [2.75, 3.05) is 11.2 Å². The molecule has 0 aliphatic heterocycles. The van der Waals surface area contributed by atoms with Gasteiger partial charge in [0.1, 0.15) is 0 Å². The van der Waals surface area contributed by atoms with Crippen LogP contribution in [0.2, 0.25) is 5.02 Å². The zero-order valence-corrected chi connectivity index (χ0v) is 19.4. The monoisotopic (exact) mass is 476 g/mol. The van der Waals surface area contributed by atoms with Gasteiger partial charge in [-0.05, 0) is 54.4 Å². The number of carbonyl (C=O) groups is 1. The van der Waals surface area contributed by atoms with E-state index in [9.17, 15) is 4.79 Å². The van der Waals surface area contributed by atoms with Crippen LogP contribution in [0.1, 0.15) is 22.6 Å². The number of benzene rings is 3. The van der Waals surface area contributed by atoms with Crippen LogP contribution >= 0.6 is 23.2 Å². The van der Waals surface area contributed by atoms with Gasteiger partial charge in [-0.25, -0.2) is 4.98 Å². The van der Waals surface area contributed by atoms with Gasteiger partial charge in [0.15, 0.2) is 0 Å². The molecular weight excluding hydrogens is 455 g/mol. The van der Waals surface area contributed by atoms with Crippen molar-refractivity contribution in [3.8, 4) is 0 Å². The number of anilines is 1. The van der Waals surface area contributed by atoms with Crippen molar-refractivity contribution in [3.63, 3.8) is 0 Å². The molecule has 0 bridgehead atoms. The van der Waals surface area contributed by atoms with Crippen molar-refractivity contribution in [3.05, 3.63) is 95.4 Å². The highest BCUT2D eigenvalue weighted by Crippen LogP contribution is 2.24. The third kappa shape index (κ3) is 4.47. The first kappa shape index (κ1) is 21.6. The highest BCUT2D eigenvalue weighted by molar-refractivity contribution is 6.31. The summed E-state index contributed by atoms with van der Waals surface area (Å²) in [5.41, 5.74) is 4.46. The zero-order valence-electron chi connectivity index (χ0n) is 17.8. The van der Waals surface area contributed by atoms with Crippen molar-refractivity contribution in [2.24, 2.45) is 0 Å². The van der Waals surface area contributed by atoms with Gasteiger partial charge in [-0.15, -0.1) is 11.6 Å². The van der Waals surface area contributed by atoms with Gasteiger partial charge in [0.2, 0.25) is 5.82 Å². The second-order valence-corrected chi connectivity index (χ2v) is 8.73. The Kier molecular flexibility index (Phi) is 6.07. The lowest BCUT2D eigenvalue weighted by Gasteiger charge is -2.11. The minimum atomic E-state index is -0.265. The van der Waals surface area contributed by atoms with Crippen LogP contribution in [0.3, 0.4) is 0 Å². The van der Waals surface area contributed by atoms with Gasteiger partial charge in [0, 0.05) is 46.8 Å². The maximum absolute atomic E-state index is 13.3. The molecule has 0 saturated carbocycles. The number of rotatable bonds is 7. The Morgan fingerprint density at radius 3 is 2.64 bits per heavy atom. The molecule has 0 atom stereocenters. The summed E-state index contributed by atoms with van der Waals surface area (Å²) in [7, 11) is 0. The van der Waals surface area contributed by atoms with E-state index in [4.69, 9.17) is 23.2 Å². The molecule has 166 valence electrons. The summed E-state index contributed by atoms with van der Waals surface area (Å²) < 4.78 is 4.08. The molecule has 2 aromatic heterocycles. The maximum Gasteiger partial charge on any atom is 0.291 e. The molecule has 5 aromatic rings. The van der Waals surface area contributed by atoms with Gasteiger partial charge < -0.3 is 14.5 Å². The molecule has 1 N–H and O–H groups in total. The van der Waals surface area contributed by atoms with E-state index in [0.29, 0.717) is 23.3 Å². The summed E-state index contributed by atoms with van der Waals surface area (Å²) in [6.45, 7) is 1.38. The highest BCUT2D eigenvalue weighted by atomic mass is 35.5. The van der Waals surface area contributed by atoms with Crippen LogP contribution in [0.4, 0.5) is 5.69 Å². The molecule has 0 spiro atoms. The Labute approximate surface area is 201 Å². The Hall–Kier alpha value is -3.28. The number of alkyl halides is 1. The average Bonchev–Trinajstić information content (AvgIpc) is 3.39. The predicted octanol–water partition coefficient (Wildman–Crippen LogP) is 6.57. The number of hydrogen-bond acceptors (Lipinski definition) is 2. The molecule has 5 rings (SSSR count). The molecular formula is C26H22Cl2N4O. The topological polar surface area (TPSA) is 51.9 Å². The number of fused-ring (bicyclic) bond motifs is 2. The number of carbonyl (C=O) groups excluding carboxylic acids is 1. The summed E-state index contributed by atoms with van der Waals surface area (Å²) in [5.74, 6) is 0.707. The van der Waals surface area contributed by atoms with E-state index in [0.717, 1.165) is 46.2 Å². The minimum Gasteiger partial charge on any atom is -0.347 e. The van der Waals surface area contributed by atoms with Crippen LogP contribution in [0, 0.1) is 0 Å². The number of halogens is 2. The summed E-state index contributed by atoms with van der Waals surface area (Å²) in [6.07, 6.45) is 2.96. The Morgan fingerprint density at radius 2 is 1.82 bits per heavy atom. The van der Waals surface area contributed by atoms with Crippen LogP contribution in [0.15, 0.2) is 79.0 Å². The van der Waals surface area contributed by atoms with Gasteiger partial charge in [-0.2, -0.15) is 0 Å². The van der Waals surface area contributed by atoms with Crippen LogP contribution in [0.25, 0.3) is 21.9 Å². The molecule has 0 unspecified atom stereocenters. The van der Waals surface area contributed by atoms with E-state index in [-0.39, 0.29) is 5.91 Å². The smallest absolute Gasteiger partial charge is 0.291 e. The van der Waals surface area contributed by atoms with Crippen LogP contribution in [-0.4, -0.2) is 25.9 Å². The zero-order chi connectivity index (χ0) is 22.8. The molecule has 0 aliphatic rings. The minimum absolute atomic E-state index is 0.265. The third-order valence-electron chi connectivity index (χ3n) is 5.66. The van der Waals surface area contributed by atoms with E-state index >= 15 is 0 Å². The van der Waals surface area contributed by atoms with E-state index in [1.54, 1.807) is 6.07 Å². The lowest BCUT2D eigenvalue weighted by molar-refractivity contribution is 0.101. The van der Waals surface area contributed by atoms with Crippen LogP contribution < -0.4 is 5.32 Å². The largest absolute Gasteiger partial charge is 0.347 e. The fraction of sp³-hybridized carbons (Fsp3) is 0.154. The number of hydrogen-bond donors (Lipinski definition) is 1. The fourth-order valence-corrected chi connectivity index (χ4v) is 4.37. The van der Waals surface area contributed by atoms with Crippen LogP contribution in [0.5, 0.6) is 0 Å². The lowest BCUT2D eigenvalue weighted by Crippen LogP contribution is -2.18. The van der Waals surface area contributed by atoms with E-state index < -0.39 is 0 Å². The van der Waals surface area contributed by atoms with Crippen molar-refractivity contribution < 1.29 is 4.79 Å². The Balaban J connectivity index is 1.47. The number of aromatic nitrogens is 3. The molecule has 0 radical (unpaired) electrons. The van der Waals surface area contributed by atoms with Crippen molar-refractivity contribution in [1.82, 2.24) is 14.1 Å². The Morgan fingerprint density at radius 1 is 0.970 bits per heavy atom. The maximum atomic E-state index is 13.3. The van der Waals surface area contributed by atoms with Crippen molar-refractivity contribution >= 4 is 56.7 Å². The number of imidazole rings is 1. The van der Waals surface area contributed by atoms with E-state index in [1.165, 1.54) is 0 Å². The Bertz CT molecular complexity index is 1440. The first-order chi connectivity index (χ1) is 16.1. The first-order valence-corrected chi connectivity index (χ1v) is 11.7. The molecule has 1 amide bonds. The lowest BCUT2D eigenvalue weighted by atomic mass is 10.2. The summed E-state index contributed by atoms with van der Waals surface area (Å²) in [4.78, 5) is 17.9. The van der Waals surface area contributed by atoms with Gasteiger partial charge >= 0.3 is 0 Å². The molecule has 2 heterocycles. The average molecular weight is 477 g/mol. The van der Waals surface area contributed by atoms with Gasteiger partial charge in [0.05, 0.1) is 11.0 Å². The van der Waals surface area contributed by atoms with Gasteiger partial charge in [-0.1, -0.05) is 41.9 Å². The van der Waals surface area contributed by atoms with Crippen molar-refractivity contribution in [2.45, 2.75) is 19.5 Å². The molecule has 5 nitrogen and oxygen atoms in total. The van der Waals surface area contributed by atoms with Crippen LogP contribution in [-0.2, 0) is 13.1 Å². The standard InChI is InChI=1S/C26H22Cl2N4O/c27-12-4-13-31-14-11-19-15-21(8-10-23(19)31)29-26(33)25-30-22-9-7-20(28)16-24(22)32(25)17-18-5-2-1-3-6-18/h1-3,5-11,14-16H,4,12-13,17H2,(H,29,33). The third-order valence-corrected chi connectivity index (χ3v) is 6.16. The first-order valence-electron chi connectivity index (χ1n) is 10.8. The molecule has 33 heavy (non-hydrogen) atoms. The SMILES string of the molecule is O=C(Nc1ccc2c(ccn2CCCCl)c1)c1nc2ccc(Cl)cc2n1Cc1ccccc1. The number of nitrogens with zero attached hydrogens (tertiary/aromatic N) is 3. The van der Waals surface area contributed by atoms with Crippen molar-refractivity contribution in [1.29, 1.82) is 0 Å². The highest BCUT2D eigenvalue weighted by Gasteiger charge is 2.19. The normalized spacial score (nSPS) is 11.3. The number of amides is 1.